The maximum atomic E-state index is 6.28. The van der Waals surface area contributed by atoms with Gasteiger partial charge in [-0.2, -0.15) is 0 Å². The van der Waals surface area contributed by atoms with Gasteiger partial charge in [0, 0.05) is 39.6 Å². The molecule has 6 heteroatoms. The number of para-hydroxylation sites is 1. The zero-order valence-electron chi connectivity index (χ0n) is 20.8. The van der Waals surface area contributed by atoms with Gasteiger partial charge in [-0.3, -0.25) is 4.40 Å². The van der Waals surface area contributed by atoms with Crippen molar-refractivity contribution < 1.29 is 0 Å². The van der Waals surface area contributed by atoms with Crippen LogP contribution in [0.5, 0.6) is 0 Å². The molecule has 1 aliphatic rings. The van der Waals surface area contributed by atoms with Gasteiger partial charge in [-0.05, 0) is 79.6 Å². The predicted molar refractivity (Wildman–Crippen MR) is 160 cm³/mol. The summed E-state index contributed by atoms with van der Waals surface area (Å²) >= 11 is 18.7. The molecule has 1 aliphatic heterocycles. The van der Waals surface area contributed by atoms with Gasteiger partial charge < -0.3 is 9.88 Å². The number of halogens is 2. The summed E-state index contributed by atoms with van der Waals surface area (Å²) in [6.07, 6.45) is 5.48. The first kappa shape index (κ1) is 24.3. The Hall–Kier alpha value is -3.05. The number of benzene rings is 3. The molecule has 0 aliphatic carbocycles. The Bertz CT molecular complexity index is 1620. The molecule has 3 nitrogen and oxygen atoms in total. The lowest BCUT2D eigenvalue weighted by Gasteiger charge is -2.15. The van der Waals surface area contributed by atoms with Gasteiger partial charge in [0.05, 0.1) is 11.4 Å². The maximum Gasteiger partial charge on any atom is 0.128 e. The van der Waals surface area contributed by atoms with Gasteiger partial charge in [0.25, 0.3) is 0 Å². The smallest absolute Gasteiger partial charge is 0.128 e. The first-order valence-electron chi connectivity index (χ1n) is 12.6. The zero-order chi connectivity index (χ0) is 25.7. The lowest BCUT2D eigenvalue weighted by atomic mass is 9.98. The third kappa shape index (κ3) is 4.27. The second-order valence-electron chi connectivity index (χ2n) is 9.75. The average molecular weight is 545 g/mol. The van der Waals surface area contributed by atoms with Crippen molar-refractivity contribution in [3.63, 3.8) is 0 Å². The zero-order valence-corrected chi connectivity index (χ0v) is 23.1. The number of nitrogens with one attached hydrogen (secondary N) is 1. The van der Waals surface area contributed by atoms with Crippen LogP contribution in [0.4, 0.5) is 5.69 Å². The minimum absolute atomic E-state index is 0.712. The quantitative estimate of drug-likeness (QED) is 0.228. The molecule has 0 radical (unpaired) electrons. The fourth-order valence-corrected chi connectivity index (χ4v) is 6.13. The van der Waals surface area contributed by atoms with Gasteiger partial charge in [0.2, 0.25) is 0 Å². The highest BCUT2D eigenvalue weighted by Gasteiger charge is 2.28. The van der Waals surface area contributed by atoms with E-state index in [4.69, 9.17) is 35.4 Å². The second kappa shape index (κ2) is 9.68. The molecule has 6 rings (SSSR count). The fourth-order valence-electron chi connectivity index (χ4n) is 5.57. The topological polar surface area (TPSA) is 21.4 Å². The van der Waals surface area contributed by atoms with Gasteiger partial charge in [0.15, 0.2) is 0 Å². The van der Waals surface area contributed by atoms with Crippen molar-refractivity contribution in [2.24, 2.45) is 0 Å². The summed E-state index contributed by atoms with van der Waals surface area (Å²) in [6.45, 7) is 5.19. The van der Waals surface area contributed by atoms with E-state index < -0.39 is 0 Å². The number of hydrogen-bond donors (Lipinski definition) is 1. The number of rotatable bonds is 4. The standard InChI is InChI=1S/C31H27Cl2N3S/c1-19-6-5-7-20(2)28(19)34-30(37)29-27(22-11-15-24(33)16-12-22)25-8-3-4-17-35-26(18-36(29)31(25)35)21-9-13-23(32)14-10-21/h5-7,9-16,18H,3-4,8,17H2,1-2H3,(H,34,37). The van der Waals surface area contributed by atoms with Gasteiger partial charge in [0.1, 0.15) is 10.6 Å². The maximum absolute atomic E-state index is 6.28. The number of aromatic nitrogens is 2. The molecular weight excluding hydrogens is 517 g/mol. The number of anilines is 1. The Kier molecular flexibility index (Phi) is 6.36. The molecule has 0 fully saturated rings. The monoisotopic (exact) mass is 543 g/mol. The van der Waals surface area contributed by atoms with Crippen LogP contribution in [0.3, 0.4) is 0 Å². The lowest BCUT2D eigenvalue weighted by molar-refractivity contribution is 0.647. The van der Waals surface area contributed by atoms with Crippen molar-refractivity contribution in [1.82, 2.24) is 8.97 Å². The Balaban J connectivity index is 1.62. The van der Waals surface area contributed by atoms with Crippen LogP contribution in [0.1, 0.15) is 35.2 Å². The van der Waals surface area contributed by atoms with E-state index >= 15 is 0 Å². The molecule has 1 N–H and O–H groups in total. The first-order valence-corrected chi connectivity index (χ1v) is 13.7. The van der Waals surface area contributed by atoms with E-state index in [0.717, 1.165) is 58.4 Å². The number of thiocarbonyl (C=S) groups is 1. The van der Waals surface area contributed by atoms with Gasteiger partial charge in [-0.1, -0.05) is 77.9 Å². The Morgan fingerprint density at radius 2 is 1.46 bits per heavy atom. The van der Waals surface area contributed by atoms with Crippen LogP contribution in [-0.4, -0.2) is 14.0 Å². The summed E-state index contributed by atoms with van der Waals surface area (Å²) in [4.78, 5) is 0.712. The van der Waals surface area contributed by atoms with Crippen molar-refractivity contribution in [3.8, 4) is 22.4 Å². The molecular formula is C31H27Cl2N3S. The number of aryl methyl sites for hydroxylation is 4. The van der Waals surface area contributed by atoms with Crippen LogP contribution in [0.15, 0.2) is 72.9 Å². The summed E-state index contributed by atoms with van der Waals surface area (Å²) in [5.41, 5.74) is 11.6. The van der Waals surface area contributed by atoms with Crippen molar-refractivity contribution in [2.45, 2.75) is 39.7 Å². The van der Waals surface area contributed by atoms with Crippen LogP contribution in [-0.2, 0) is 13.0 Å². The number of imidazole rings is 1. The predicted octanol–water partition coefficient (Wildman–Crippen LogP) is 9.12. The van der Waals surface area contributed by atoms with E-state index in [0.29, 0.717) is 4.99 Å². The van der Waals surface area contributed by atoms with Crippen LogP contribution in [0.2, 0.25) is 10.0 Å². The molecule has 3 heterocycles. The molecule has 186 valence electrons. The van der Waals surface area contributed by atoms with Gasteiger partial charge in [-0.25, -0.2) is 0 Å². The van der Waals surface area contributed by atoms with E-state index in [1.54, 1.807) is 0 Å². The molecule has 37 heavy (non-hydrogen) atoms. The number of hydrogen-bond acceptors (Lipinski definition) is 1. The molecule has 0 saturated heterocycles. The highest BCUT2D eigenvalue weighted by molar-refractivity contribution is 7.81. The van der Waals surface area contributed by atoms with E-state index in [2.05, 4.69) is 76.8 Å². The first-order chi connectivity index (χ1) is 17.9. The minimum atomic E-state index is 0.712. The molecule has 0 bridgehead atoms. The lowest BCUT2D eigenvalue weighted by Crippen LogP contribution is -2.15. The molecule has 5 aromatic rings. The molecule has 0 amide bonds. The van der Waals surface area contributed by atoms with Crippen molar-refractivity contribution >= 4 is 51.7 Å². The summed E-state index contributed by atoms with van der Waals surface area (Å²) in [5.74, 6) is 0. The molecule has 0 atom stereocenters. The van der Waals surface area contributed by atoms with Crippen LogP contribution in [0, 0.1) is 13.8 Å². The SMILES string of the molecule is Cc1cccc(C)c1NC(=S)c1c(-c2ccc(Cl)cc2)c2c3n(c(-c4ccc(Cl)cc4)cn13)CCCC2. The van der Waals surface area contributed by atoms with E-state index in [9.17, 15) is 0 Å². The average Bonchev–Trinajstić information content (AvgIpc) is 3.30. The van der Waals surface area contributed by atoms with E-state index in [1.807, 2.05) is 24.3 Å². The third-order valence-corrected chi connectivity index (χ3v) is 8.14. The molecule has 2 aromatic heterocycles. The van der Waals surface area contributed by atoms with Crippen molar-refractivity contribution in [3.05, 3.63) is 105 Å². The Morgan fingerprint density at radius 1 is 0.838 bits per heavy atom. The third-order valence-electron chi connectivity index (χ3n) is 7.34. The highest BCUT2D eigenvalue weighted by atomic mass is 35.5. The molecule has 0 saturated carbocycles. The summed E-state index contributed by atoms with van der Waals surface area (Å²) in [5, 5.41) is 5.08. The Labute approximate surface area is 232 Å². The van der Waals surface area contributed by atoms with Crippen LogP contribution >= 0.6 is 35.4 Å². The van der Waals surface area contributed by atoms with Gasteiger partial charge >= 0.3 is 0 Å². The molecule has 0 unspecified atom stereocenters. The summed E-state index contributed by atoms with van der Waals surface area (Å²) in [6, 6.07) is 22.5. The van der Waals surface area contributed by atoms with Gasteiger partial charge in [-0.15, -0.1) is 0 Å². The normalized spacial score (nSPS) is 13.1. The van der Waals surface area contributed by atoms with Crippen LogP contribution in [0.25, 0.3) is 28.0 Å². The summed E-state index contributed by atoms with van der Waals surface area (Å²) in [7, 11) is 0. The molecule has 3 aromatic carbocycles. The minimum Gasteiger partial charge on any atom is -0.344 e. The highest BCUT2D eigenvalue weighted by Crippen LogP contribution is 2.40. The number of nitrogens with zero attached hydrogens (tertiary/aromatic N) is 2. The largest absolute Gasteiger partial charge is 0.344 e. The second-order valence-corrected chi connectivity index (χ2v) is 11.0. The fraction of sp³-hybridized carbons (Fsp3) is 0.194. The van der Waals surface area contributed by atoms with Crippen molar-refractivity contribution in [2.75, 3.05) is 5.32 Å². The van der Waals surface area contributed by atoms with E-state index in [-0.39, 0.29) is 0 Å². The van der Waals surface area contributed by atoms with E-state index in [1.165, 1.54) is 33.6 Å². The van der Waals surface area contributed by atoms with Crippen molar-refractivity contribution in [1.29, 1.82) is 0 Å². The summed E-state index contributed by atoms with van der Waals surface area (Å²) < 4.78 is 4.76. The molecule has 0 spiro atoms. The Morgan fingerprint density at radius 3 is 2.11 bits per heavy atom. The van der Waals surface area contributed by atoms with Crippen LogP contribution < -0.4 is 5.32 Å².